The molecule has 0 unspecified atom stereocenters. The topological polar surface area (TPSA) is 52.6 Å². The van der Waals surface area contributed by atoms with Crippen molar-refractivity contribution >= 4 is 0 Å². The van der Waals surface area contributed by atoms with Crippen molar-refractivity contribution in [2.45, 2.75) is 20.4 Å². The van der Waals surface area contributed by atoms with Crippen molar-refractivity contribution in [3.8, 4) is 5.75 Å². The molecule has 0 aliphatic rings. The predicted molar refractivity (Wildman–Crippen MR) is 79.0 cm³/mol. The van der Waals surface area contributed by atoms with Crippen LogP contribution in [0.4, 0.5) is 0 Å². The first-order chi connectivity index (χ1) is 9.74. The van der Waals surface area contributed by atoms with E-state index in [4.69, 9.17) is 14.2 Å². The van der Waals surface area contributed by atoms with Gasteiger partial charge in [-0.15, -0.1) is 0 Å². The Hall–Kier alpha value is -1.17. The van der Waals surface area contributed by atoms with Crippen molar-refractivity contribution in [3.63, 3.8) is 0 Å². The number of nitrogens with one attached hydrogen (secondary N) is 1. The Bertz CT molecular complexity index is 359. The Morgan fingerprint density at radius 3 is 2.75 bits per heavy atom. The first-order valence-corrected chi connectivity index (χ1v) is 7.07. The number of nitrogens with zero attached hydrogens (tertiary/aromatic N) is 1. The van der Waals surface area contributed by atoms with E-state index in [1.165, 1.54) is 0 Å². The van der Waals surface area contributed by atoms with Gasteiger partial charge in [0.25, 0.3) is 0 Å². The van der Waals surface area contributed by atoms with Gasteiger partial charge in [0, 0.05) is 31.6 Å². The standard InChI is InChI=1S/C15H26N2O3/c1-13(2)10-17-12-14-11-16-5-4-15(14)20-9-8-19-7-6-18-3/h4-5,11,13,17H,6-10,12H2,1-3H3. The molecule has 5 nitrogen and oxygen atoms in total. The summed E-state index contributed by atoms with van der Waals surface area (Å²) in [7, 11) is 1.66. The van der Waals surface area contributed by atoms with E-state index < -0.39 is 0 Å². The minimum absolute atomic E-state index is 0.533. The van der Waals surface area contributed by atoms with Crippen LogP contribution in [-0.2, 0) is 16.0 Å². The third-order valence-electron chi connectivity index (χ3n) is 2.64. The van der Waals surface area contributed by atoms with Crippen LogP contribution >= 0.6 is 0 Å². The number of methoxy groups -OCH3 is 1. The molecule has 0 spiro atoms. The third kappa shape index (κ3) is 7.43. The molecule has 114 valence electrons. The quantitative estimate of drug-likeness (QED) is 0.628. The molecule has 1 aromatic rings. The maximum absolute atomic E-state index is 5.73. The number of hydrogen-bond acceptors (Lipinski definition) is 5. The van der Waals surface area contributed by atoms with E-state index in [0.717, 1.165) is 24.4 Å². The fourth-order valence-electron chi connectivity index (χ4n) is 1.64. The molecule has 20 heavy (non-hydrogen) atoms. The van der Waals surface area contributed by atoms with Gasteiger partial charge in [-0.1, -0.05) is 13.8 Å². The zero-order chi connectivity index (χ0) is 14.6. The van der Waals surface area contributed by atoms with Crippen LogP contribution in [-0.4, -0.2) is 45.1 Å². The Kier molecular flexibility index (Phi) is 8.95. The first-order valence-electron chi connectivity index (χ1n) is 7.07. The van der Waals surface area contributed by atoms with Gasteiger partial charge in [-0.25, -0.2) is 0 Å². The maximum atomic E-state index is 5.73. The van der Waals surface area contributed by atoms with Gasteiger partial charge >= 0.3 is 0 Å². The molecular weight excluding hydrogens is 256 g/mol. The van der Waals surface area contributed by atoms with Gasteiger partial charge in [0.2, 0.25) is 0 Å². The van der Waals surface area contributed by atoms with Crippen LogP contribution < -0.4 is 10.1 Å². The first kappa shape index (κ1) is 16.9. The van der Waals surface area contributed by atoms with Gasteiger partial charge in [0.15, 0.2) is 0 Å². The van der Waals surface area contributed by atoms with Crippen LogP contribution in [0, 0.1) is 5.92 Å². The highest BCUT2D eigenvalue weighted by molar-refractivity contribution is 5.29. The number of pyridine rings is 1. The number of hydrogen-bond donors (Lipinski definition) is 1. The van der Waals surface area contributed by atoms with Gasteiger partial charge in [0.1, 0.15) is 12.4 Å². The van der Waals surface area contributed by atoms with Crippen molar-refractivity contribution in [2.75, 3.05) is 40.1 Å². The molecule has 0 saturated heterocycles. The van der Waals surface area contributed by atoms with Crippen LogP contribution in [0.5, 0.6) is 5.75 Å². The average Bonchev–Trinajstić information content (AvgIpc) is 2.44. The zero-order valence-electron chi connectivity index (χ0n) is 12.7. The normalized spacial score (nSPS) is 11.0. The lowest BCUT2D eigenvalue weighted by molar-refractivity contribution is 0.0542. The summed E-state index contributed by atoms with van der Waals surface area (Å²) >= 11 is 0. The monoisotopic (exact) mass is 282 g/mol. The summed E-state index contributed by atoms with van der Waals surface area (Å²) in [4.78, 5) is 4.14. The lowest BCUT2D eigenvalue weighted by Crippen LogP contribution is -2.20. The lowest BCUT2D eigenvalue weighted by Gasteiger charge is -2.12. The summed E-state index contributed by atoms with van der Waals surface area (Å²) in [5.74, 6) is 1.50. The lowest BCUT2D eigenvalue weighted by atomic mass is 10.2. The van der Waals surface area contributed by atoms with Crippen molar-refractivity contribution in [2.24, 2.45) is 5.92 Å². The SMILES string of the molecule is COCCOCCOc1ccncc1CNCC(C)C. The minimum Gasteiger partial charge on any atom is -0.491 e. The fourth-order valence-corrected chi connectivity index (χ4v) is 1.64. The Morgan fingerprint density at radius 2 is 2.00 bits per heavy atom. The van der Waals surface area contributed by atoms with Crippen molar-refractivity contribution in [1.29, 1.82) is 0 Å². The number of aromatic nitrogens is 1. The molecule has 0 atom stereocenters. The second-order valence-corrected chi connectivity index (χ2v) is 4.96. The molecule has 0 radical (unpaired) electrons. The summed E-state index contributed by atoms with van der Waals surface area (Å²) in [5.41, 5.74) is 1.07. The summed E-state index contributed by atoms with van der Waals surface area (Å²) in [6.45, 7) is 8.42. The molecule has 1 heterocycles. The van der Waals surface area contributed by atoms with E-state index in [-0.39, 0.29) is 0 Å². The Morgan fingerprint density at radius 1 is 1.20 bits per heavy atom. The smallest absolute Gasteiger partial charge is 0.126 e. The highest BCUT2D eigenvalue weighted by Gasteiger charge is 2.04. The Labute approximate surface area is 121 Å². The van der Waals surface area contributed by atoms with Crippen LogP contribution in [0.3, 0.4) is 0 Å². The third-order valence-corrected chi connectivity index (χ3v) is 2.64. The minimum atomic E-state index is 0.533. The molecular formula is C15H26N2O3. The van der Waals surface area contributed by atoms with E-state index in [1.54, 1.807) is 13.3 Å². The van der Waals surface area contributed by atoms with E-state index in [0.29, 0.717) is 32.3 Å². The number of ether oxygens (including phenoxy) is 3. The average molecular weight is 282 g/mol. The fraction of sp³-hybridized carbons (Fsp3) is 0.667. The Balaban J connectivity index is 2.29. The van der Waals surface area contributed by atoms with Gasteiger partial charge < -0.3 is 19.5 Å². The molecule has 1 aromatic heterocycles. The van der Waals surface area contributed by atoms with Gasteiger partial charge in [-0.3, -0.25) is 4.98 Å². The zero-order valence-corrected chi connectivity index (χ0v) is 12.7. The van der Waals surface area contributed by atoms with Crippen molar-refractivity contribution in [3.05, 3.63) is 24.0 Å². The second-order valence-electron chi connectivity index (χ2n) is 4.96. The van der Waals surface area contributed by atoms with Gasteiger partial charge in [0.05, 0.1) is 19.8 Å². The van der Waals surface area contributed by atoms with Crippen molar-refractivity contribution in [1.82, 2.24) is 10.3 Å². The highest BCUT2D eigenvalue weighted by atomic mass is 16.5. The molecule has 0 saturated carbocycles. The largest absolute Gasteiger partial charge is 0.491 e. The maximum Gasteiger partial charge on any atom is 0.126 e. The number of rotatable bonds is 11. The molecule has 0 bridgehead atoms. The highest BCUT2D eigenvalue weighted by Crippen LogP contribution is 2.16. The second kappa shape index (κ2) is 10.6. The van der Waals surface area contributed by atoms with E-state index >= 15 is 0 Å². The summed E-state index contributed by atoms with van der Waals surface area (Å²) < 4.78 is 16.0. The van der Waals surface area contributed by atoms with Crippen LogP contribution in [0.25, 0.3) is 0 Å². The van der Waals surface area contributed by atoms with Gasteiger partial charge in [-0.2, -0.15) is 0 Å². The van der Waals surface area contributed by atoms with Crippen molar-refractivity contribution < 1.29 is 14.2 Å². The van der Waals surface area contributed by atoms with E-state index in [9.17, 15) is 0 Å². The molecule has 0 aromatic carbocycles. The van der Waals surface area contributed by atoms with Crippen LogP contribution in [0.15, 0.2) is 18.5 Å². The van der Waals surface area contributed by atoms with E-state index in [2.05, 4.69) is 24.1 Å². The molecule has 5 heteroatoms. The molecule has 0 aliphatic carbocycles. The van der Waals surface area contributed by atoms with Gasteiger partial charge in [-0.05, 0) is 18.5 Å². The summed E-state index contributed by atoms with van der Waals surface area (Å²) in [5, 5.41) is 3.39. The summed E-state index contributed by atoms with van der Waals surface area (Å²) in [6.07, 6.45) is 3.58. The predicted octanol–water partition coefficient (Wildman–Crippen LogP) is 1.87. The molecule has 0 amide bonds. The van der Waals surface area contributed by atoms with Crippen LogP contribution in [0.2, 0.25) is 0 Å². The molecule has 0 aliphatic heterocycles. The van der Waals surface area contributed by atoms with E-state index in [1.807, 2.05) is 12.3 Å². The molecule has 1 N–H and O–H groups in total. The molecule has 0 fully saturated rings. The summed E-state index contributed by atoms with van der Waals surface area (Å²) in [6, 6.07) is 1.89. The molecule has 1 rings (SSSR count). The van der Waals surface area contributed by atoms with Crippen LogP contribution in [0.1, 0.15) is 19.4 Å².